The summed E-state index contributed by atoms with van der Waals surface area (Å²) in [4.78, 5) is 25.9. The lowest BCUT2D eigenvalue weighted by molar-refractivity contribution is -0.328. The number of aliphatic hydroxyl groups excluding tert-OH is 5. The molecule has 3 aromatic rings. The third kappa shape index (κ3) is 6.13. The van der Waals surface area contributed by atoms with Crippen molar-refractivity contribution in [2.75, 3.05) is 27.6 Å². The minimum atomic E-state index is -1.73. The number of cyclic esters (lactones) is 1. The Morgan fingerprint density at radius 3 is 2.27 bits per heavy atom. The highest BCUT2D eigenvalue weighted by atomic mass is 16.7. The maximum absolute atomic E-state index is 13.5. The first-order valence-electron chi connectivity index (χ1n) is 16.7. The molecule has 280 valence electrons. The molecule has 1 saturated carbocycles. The lowest BCUT2D eigenvalue weighted by atomic mass is 9.81. The summed E-state index contributed by atoms with van der Waals surface area (Å²) in [5, 5.41) is 53.7. The summed E-state index contributed by atoms with van der Waals surface area (Å²) >= 11 is 0. The predicted octanol–water partition coefficient (Wildman–Crippen LogP) is 1.19. The number of rotatable bonds is 9. The molecular formula is C36H40O16. The Hall–Kier alpha value is -4.42. The Bertz CT molecular complexity index is 1860. The molecule has 2 fully saturated rings. The Morgan fingerprint density at radius 2 is 1.58 bits per heavy atom. The minimum Gasteiger partial charge on any atom is -0.493 e. The van der Waals surface area contributed by atoms with Crippen molar-refractivity contribution >= 4 is 22.7 Å². The summed E-state index contributed by atoms with van der Waals surface area (Å²) in [7, 11) is 2.97. The summed E-state index contributed by atoms with van der Waals surface area (Å²) in [5.41, 5.74) is 1.83. The van der Waals surface area contributed by atoms with E-state index in [1.807, 2.05) is 0 Å². The average molecular weight is 729 g/mol. The van der Waals surface area contributed by atoms with Gasteiger partial charge < -0.3 is 68.2 Å². The smallest absolute Gasteiger partial charge is 0.339 e. The van der Waals surface area contributed by atoms with Crippen molar-refractivity contribution in [3.05, 3.63) is 41.5 Å². The summed E-state index contributed by atoms with van der Waals surface area (Å²) < 4.78 is 51.8. The van der Waals surface area contributed by atoms with Crippen molar-refractivity contribution in [3.8, 4) is 39.9 Å². The Balaban J connectivity index is 1.30. The van der Waals surface area contributed by atoms with Crippen molar-refractivity contribution in [2.24, 2.45) is 5.92 Å². The van der Waals surface area contributed by atoms with E-state index in [0.717, 1.165) is 6.92 Å². The first kappa shape index (κ1) is 36.0. The molecular weight excluding hydrogens is 688 g/mol. The van der Waals surface area contributed by atoms with Crippen LogP contribution in [-0.2, 0) is 30.3 Å². The molecule has 3 heterocycles. The van der Waals surface area contributed by atoms with E-state index >= 15 is 0 Å². The third-order valence-electron chi connectivity index (χ3n) is 9.99. The molecule has 10 unspecified atom stereocenters. The summed E-state index contributed by atoms with van der Waals surface area (Å²) in [5.74, 6) is 0.166. The van der Waals surface area contributed by atoms with Crippen molar-refractivity contribution in [1.29, 1.82) is 0 Å². The number of esters is 2. The van der Waals surface area contributed by atoms with E-state index in [0.29, 0.717) is 50.5 Å². The molecule has 10 atom stereocenters. The highest BCUT2D eigenvalue weighted by Gasteiger charge is 2.51. The number of hydrogen-bond donors (Lipinski definition) is 5. The van der Waals surface area contributed by atoms with E-state index in [1.165, 1.54) is 14.2 Å². The summed E-state index contributed by atoms with van der Waals surface area (Å²) in [6.45, 7) is 2.15. The second-order valence-corrected chi connectivity index (χ2v) is 13.2. The number of ether oxygens (including phenoxy) is 9. The predicted molar refractivity (Wildman–Crippen MR) is 176 cm³/mol. The fourth-order valence-electron chi connectivity index (χ4n) is 7.41. The largest absolute Gasteiger partial charge is 0.493 e. The van der Waals surface area contributed by atoms with Gasteiger partial charge in [0.25, 0.3) is 0 Å². The molecule has 0 bridgehead atoms. The number of aliphatic hydroxyl groups is 5. The monoisotopic (exact) mass is 728 g/mol. The molecule has 0 radical (unpaired) electrons. The zero-order chi connectivity index (χ0) is 37.0. The molecule has 0 amide bonds. The zero-order valence-electron chi connectivity index (χ0n) is 28.7. The van der Waals surface area contributed by atoms with Gasteiger partial charge in [-0.05, 0) is 47.6 Å². The van der Waals surface area contributed by atoms with Gasteiger partial charge in [-0.15, -0.1) is 0 Å². The number of methoxy groups -OCH3 is 2. The van der Waals surface area contributed by atoms with Crippen molar-refractivity contribution in [2.45, 2.75) is 82.0 Å². The fraction of sp³-hybridized carbons (Fsp3) is 0.500. The molecule has 4 aliphatic rings. The molecule has 3 aromatic carbocycles. The highest BCUT2D eigenvalue weighted by molar-refractivity contribution is 6.14. The molecule has 7 rings (SSSR count). The highest BCUT2D eigenvalue weighted by Crippen LogP contribution is 2.50. The molecule has 52 heavy (non-hydrogen) atoms. The molecule has 1 saturated heterocycles. The topological polar surface area (TPSA) is 218 Å². The number of fused-ring (bicyclic) bond motifs is 3. The van der Waals surface area contributed by atoms with Gasteiger partial charge in [-0.1, -0.05) is 13.0 Å². The summed E-state index contributed by atoms with van der Waals surface area (Å²) in [6, 6.07) is 8.75. The van der Waals surface area contributed by atoms with Gasteiger partial charge in [-0.2, -0.15) is 0 Å². The summed E-state index contributed by atoms with van der Waals surface area (Å²) in [6.07, 6.45) is -12.7. The van der Waals surface area contributed by atoms with Crippen LogP contribution in [0.25, 0.3) is 21.9 Å². The van der Waals surface area contributed by atoms with Gasteiger partial charge in [-0.25, -0.2) is 4.79 Å². The Kier molecular flexibility index (Phi) is 9.81. The number of benzene rings is 3. The van der Waals surface area contributed by atoms with Crippen molar-refractivity contribution in [3.63, 3.8) is 0 Å². The van der Waals surface area contributed by atoms with Crippen molar-refractivity contribution in [1.82, 2.24) is 0 Å². The molecule has 1 aliphatic carbocycles. The van der Waals surface area contributed by atoms with E-state index in [1.54, 1.807) is 37.3 Å². The minimum absolute atomic E-state index is 0.0579. The van der Waals surface area contributed by atoms with E-state index in [9.17, 15) is 35.1 Å². The van der Waals surface area contributed by atoms with Crippen LogP contribution in [0.2, 0.25) is 0 Å². The van der Waals surface area contributed by atoms with Crippen LogP contribution < -0.4 is 23.7 Å². The van der Waals surface area contributed by atoms with Gasteiger partial charge in [0.1, 0.15) is 55.1 Å². The quantitative estimate of drug-likeness (QED) is 0.196. The van der Waals surface area contributed by atoms with Crippen LogP contribution in [0.15, 0.2) is 30.3 Å². The van der Waals surface area contributed by atoms with Gasteiger partial charge in [0.05, 0.1) is 26.4 Å². The van der Waals surface area contributed by atoms with Crippen LogP contribution in [0.5, 0.6) is 28.7 Å². The second kappa shape index (κ2) is 14.2. The Morgan fingerprint density at radius 1 is 0.865 bits per heavy atom. The third-order valence-corrected chi connectivity index (χ3v) is 9.99. The lowest BCUT2D eigenvalue weighted by Gasteiger charge is -2.46. The van der Waals surface area contributed by atoms with Gasteiger partial charge in [0.15, 0.2) is 35.4 Å². The van der Waals surface area contributed by atoms with E-state index < -0.39 is 79.6 Å². The average Bonchev–Trinajstić information content (AvgIpc) is 3.77. The van der Waals surface area contributed by atoms with Crippen LogP contribution in [-0.4, -0.2) is 120 Å². The number of hydrogen-bond acceptors (Lipinski definition) is 16. The standard InChI is InChI=1S/C36H40O16/c1-14-7-24(29(40)34(49-15(2)38)32(14)52-36-31(42)30(41)28(39)25(11-37)51-36)50-33-18-10-22(45-4)21(44-3)9-17(18)26(27-19(33)12-46-35(27)43)16-5-6-20-23(8-16)48-13-47-20/h5-6,8-10,14,24-25,28-32,34,36-37,39-42H,7,11-13H2,1-4H3. The fourth-order valence-corrected chi connectivity index (χ4v) is 7.41. The van der Waals surface area contributed by atoms with E-state index in [-0.39, 0.29) is 31.1 Å². The molecule has 3 aliphatic heterocycles. The molecule has 0 aromatic heterocycles. The van der Waals surface area contributed by atoms with Crippen LogP contribution in [0, 0.1) is 5.92 Å². The van der Waals surface area contributed by atoms with Crippen molar-refractivity contribution < 1.29 is 77.8 Å². The molecule has 0 spiro atoms. The number of carbonyl (C=O) groups excluding carboxylic acids is 2. The maximum atomic E-state index is 13.5. The van der Waals surface area contributed by atoms with Gasteiger partial charge in [0.2, 0.25) is 6.79 Å². The second-order valence-electron chi connectivity index (χ2n) is 13.2. The van der Waals surface area contributed by atoms with Gasteiger partial charge >= 0.3 is 11.9 Å². The first-order valence-corrected chi connectivity index (χ1v) is 16.7. The SMILES string of the molecule is COc1cc2c(OC3CC(C)C(OC4OC(CO)C(O)C(O)C4O)C(OC(C)=O)C3O)c3c(c(-c4ccc5c(c4)OCO5)c2cc1OC)C(=O)OC3. The van der Waals surface area contributed by atoms with E-state index in [2.05, 4.69) is 0 Å². The van der Waals surface area contributed by atoms with Crippen LogP contribution in [0.3, 0.4) is 0 Å². The normalized spacial score (nSPS) is 30.8. The molecule has 5 N–H and O–H groups in total. The van der Waals surface area contributed by atoms with Gasteiger partial charge in [0, 0.05) is 23.4 Å². The van der Waals surface area contributed by atoms with Crippen LogP contribution >= 0.6 is 0 Å². The van der Waals surface area contributed by atoms with Crippen LogP contribution in [0.1, 0.15) is 36.2 Å². The number of carbonyl (C=O) groups is 2. The molecule has 16 nitrogen and oxygen atoms in total. The lowest BCUT2D eigenvalue weighted by Crippen LogP contribution is -2.63. The first-order chi connectivity index (χ1) is 24.9. The Labute approximate surface area is 297 Å². The van der Waals surface area contributed by atoms with Crippen LogP contribution in [0.4, 0.5) is 0 Å². The molecule has 16 heteroatoms. The zero-order valence-corrected chi connectivity index (χ0v) is 28.7. The van der Waals surface area contributed by atoms with Gasteiger partial charge in [-0.3, -0.25) is 4.79 Å². The van der Waals surface area contributed by atoms with E-state index in [4.69, 9.17) is 42.6 Å². The maximum Gasteiger partial charge on any atom is 0.339 e.